The summed E-state index contributed by atoms with van der Waals surface area (Å²) in [5, 5.41) is 2.94. The molecular weight excluding hydrogens is 307 g/mol. The molecule has 1 heterocycles. The third-order valence-electron chi connectivity index (χ3n) is 1.63. The van der Waals surface area contributed by atoms with E-state index in [0.717, 1.165) is 17.7 Å². The lowest BCUT2D eigenvalue weighted by atomic mass is 10.3. The molecule has 1 N–H and O–H groups in total. The maximum atomic E-state index is 11.3. The molecule has 96 valence electrons. The highest BCUT2D eigenvalue weighted by Gasteiger charge is 2.22. The number of carbonyl (C=O) groups excluding carboxylic acids is 1. The fourth-order valence-corrected chi connectivity index (χ4v) is 2.06. The van der Waals surface area contributed by atoms with Gasteiger partial charge in [0.1, 0.15) is 6.61 Å². The Bertz CT molecular complexity index is 379. The third kappa shape index (κ3) is 6.31. The van der Waals surface area contributed by atoms with Crippen molar-refractivity contribution in [2.75, 3.05) is 11.9 Å². The van der Waals surface area contributed by atoms with E-state index in [2.05, 4.69) is 17.2 Å². The standard InChI is InChI=1S/C9H11Cl3N2O2S/c1-2-3-6-4-13-7(17-6)14-8(15)16-5-9(10,11)12/h4H,2-3,5H2,1H3,(H,13,14,15). The van der Waals surface area contributed by atoms with Gasteiger partial charge in [0, 0.05) is 11.1 Å². The molecule has 1 aromatic heterocycles. The van der Waals surface area contributed by atoms with E-state index in [4.69, 9.17) is 39.5 Å². The van der Waals surface area contributed by atoms with E-state index >= 15 is 0 Å². The first-order valence-electron chi connectivity index (χ1n) is 4.86. The van der Waals surface area contributed by atoms with Crippen molar-refractivity contribution in [3.63, 3.8) is 0 Å². The topological polar surface area (TPSA) is 51.2 Å². The molecule has 0 radical (unpaired) electrons. The summed E-state index contributed by atoms with van der Waals surface area (Å²) < 4.78 is 3.10. The molecule has 0 aliphatic carbocycles. The number of aryl methyl sites for hydroxylation is 1. The van der Waals surface area contributed by atoms with E-state index in [-0.39, 0.29) is 6.61 Å². The number of alkyl halides is 3. The van der Waals surface area contributed by atoms with E-state index in [0.29, 0.717) is 5.13 Å². The Kier molecular flexibility index (Phi) is 5.79. The Morgan fingerprint density at radius 1 is 1.59 bits per heavy atom. The second kappa shape index (κ2) is 6.64. The smallest absolute Gasteiger partial charge is 0.413 e. The van der Waals surface area contributed by atoms with Crippen molar-refractivity contribution in [3.8, 4) is 0 Å². The van der Waals surface area contributed by atoms with E-state index in [1.54, 1.807) is 6.20 Å². The monoisotopic (exact) mass is 316 g/mol. The quantitative estimate of drug-likeness (QED) is 0.853. The molecule has 1 amide bonds. The molecular formula is C9H11Cl3N2O2S. The zero-order chi connectivity index (χ0) is 12.9. The van der Waals surface area contributed by atoms with Crippen molar-refractivity contribution in [2.24, 2.45) is 0 Å². The van der Waals surface area contributed by atoms with Gasteiger partial charge in [0.05, 0.1) is 0 Å². The number of amides is 1. The van der Waals surface area contributed by atoms with Crippen molar-refractivity contribution in [1.82, 2.24) is 4.98 Å². The van der Waals surface area contributed by atoms with Crippen LogP contribution in [0.2, 0.25) is 0 Å². The molecule has 0 bridgehead atoms. The molecule has 0 aliphatic heterocycles. The summed E-state index contributed by atoms with van der Waals surface area (Å²) in [6.07, 6.45) is 2.99. The maximum Gasteiger partial charge on any atom is 0.413 e. The highest BCUT2D eigenvalue weighted by Crippen LogP contribution is 2.26. The van der Waals surface area contributed by atoms with Crippen LogP contribution in [0.15, 0.2) is 6.20 Å². The third-order valence-corrected chi connectivity index (χ3v) is 2.93. The Hall–Kier alpha value is -0.230. The molecule has 0 saturated carbocycles. The number of rotatable bonds is 4. The van der Waals surface area contributed by atoms with Crippen molar-refractivity contribution in [1.29, 1.82) is 0 Å². The number of nitrogens with zero attached hydrogens (tertiary/aromatic N) is 1. The maximum absolute atomic E-state index is 11.3. The normalized spacial score (nSPS) is 11.3. The number of nitrogens with one attached hydrogen (secondary N) is 1. The van der Waals surface area contributed by atoms with E-state index in [1.165, 1.54) is 11.3 Å². The summed E-state index contributed by atoms with van der Waals surface area (Å²) in [5.74, 6) is 0. The van der Waals surface area contributed by atoms with Crippen LogP contribution in [0, 0.1) is 0 Å². The molecule has 1 rings (SSSR count). The second-order valence-corrected chi connectivity index (χ2v) is 6.83. The molecule has 0 unspecified atom stereocenters. The summed E-state index contributed by atoms with van der Waals surface area (Å²) in [4.78, 5) is 16.4. The van der Waals surface area contributed by atoms with Crippen molar-refractivity contribution in [2.45, 2.75) is 23.6 Å². The van der Waals surface area contributed by atoms with Crippen LogP contribution in [-0.4, -0.2) is 21.5 Å². The Balaban J connectivity index is 2.39. The highest BCUT2D eigenvalue weighted by molar-refractivity contribution is 7.15. The van der Waals surface area contributed by atoms with Crippen LogP contribution < -0.4 is 5.32 Å². The number of hydrogen-bond donors (Lipinski definition) is 1. The molecule has 0 aromatic carbocycles. The van der Waals surface area contributed by atoms with Gasteiger partial charge in [0.15, 0.2) is 5.13 Å². The van der Waals surface area contributed by atoms with Gasteiger partial charge in [-0.15, -0.1) is 11.3 Å². The summed E-state index contributed by atoms with van der Waals surface area (Å²) in [6, 6.07) is 0. The van der Waals surface area contributed by atoms with Gasteiger partial charge < -0.3 is 4.74 Å². The summed E-state index contributed by atoms with van der Waals surface area (Å²) >= 11 is 17.7. The average Bonchev–Trinajstić information content (AvgIpc) is 2.62. The summed E-state index contributed by atoms with van der Waals surface area (Å²) in [5.41, 5.74) is 0. The molecule has 0 atom stereocenters. The van der Waals surface area contributed by atoms with Gasteiger partial charge in [-0.25, -0.2) is 9.78 Å². The first-order valence-corrected chi connectivity index (χ1v) is 6.81. The van der Waals surface area contributed by atoms with Crippen LogP contribution in [0.25, 0.3) is 0 Å². The fourth-order valence-electron chi connectivity index (χ4n) is 0.998. The lowest BCUT2D eigenvalue weighted by Crippen LogP contribution is -2.21. The molecule has 0 fully saturated rings. The van der Waals surface area contributed by atoms with Crippen LogP contribution in [0.4, 0.5) is 9.93 Å². The van der Waals surface area contributed by atoms with Crippen molar-refractivity contribution < 1.29 is 9.53 Å². The Morgan fingerprint density at radius 2 is 2.29 bits per heavy atom. The minimum Gasteiger partial charge on any atom is -0.445 e. The van der Waals surface area contributed by atoms with E-state index in [1.807, 2.05) is 0 Å². The van der Waals surface area contributed by atoms with E-state index < -0.39 is 9.89 Å². The van der Waals surface area contributed by atoms with E-state index in [9.17, 15) is 4.79 Å². The minimum absolute atomic E-state index is 0.309. The van der Waals surface area contributed by atoms with Gasteiger partial charge in [0.25, 0.3) is 0 Å². The number of carbonyl (C=O) groups is 1. The number of thiazole rings is 1. The molecule has 0 saturated heterocycles. The molecule has 4 nitrogen and oxygen atoms in total. The lowest BCUT2D eigenvalue weighted by molar-refractivity contribution is 0.164. The van der Waals surface area contributed by atoms with Gasteiger partial charge in [0.2, 0.25) is 3.79 Å². The second-order valence-electron chi connectivity index (χ2n) is 3.20. The summed E-state index contributed by atoms with van der Waals surface area (Å²) in [7, 11) is 0. The minimum atomic E-state index is -1.60. The van der Waals surface area contributed by atoms with Gasteiger partial charge in [-0.1, -0.05) is 48.1 Å². The van der Waals surface area contributed by atoms with Crippen LogP contribution in [0.1, 0.15) is 18.2 Å². The lowest BCUT2D eigenvalue weighted by Gasteiger charge is -2.10. The van der Waals surface area contributed by atoms with Crippen LogP contribution in [0.3, 0.4) is 0 Å². The van der Waals surface area contributed by atoms with Crippen molar-refractivity contribution >= 4 is 57.4 Å². The zero-order valence-electron chi connectivity index (χ0n) is 9.00. The number of aromatic nitrogens is 1. The predicted molar refractivity (Wildman–Crippen MR) is 71.4 cm³/mol. The van der Waals surface area contributed by atoms with Gasteiger partial charge in [-0.3, -0.25) is 5.32 Å². The Labute approximate surface area is 118 Å². The number of anilines is 1. The van der Waals surface area contributed by atoms with Gasteiger partial charge in [-0.05, 0) is 6.42 Å². The molecule has 8 heteroatoms. The van der Waals surface area contributed by atoms with Crippen LogP contribution in [-0.2, 0) is 11.2 Å². The SMILES string of the molecule is CCCc1cnc(NC(=O)OCC(Cl)(Cl)Cl)s1. The average molecular weight is 318 g/mol. The van der Waals surface area contributed by atoms with Crippen LogP contribution >= 0.6 is 46.1 Å². The highest BCUT2D eigenvalue weighted by atomic mass is 35.6. The number of ether oxygens (including phenoxy) is 1. The molecule has 0 aliphatic rings. The van der Waals surface area contributed by atoms with Gasteiger partial charge in [-0.2, -0.15) is 0 Å². The summed E-state index contributed by atoms with van der Waals surface area (Å²) in [6.45, 7) is 1.76. The largest absolute Gasteiger partial charge is 0.445 e. The fraction of sp³-hybridized carbons (Fsp3) is 0.556. The van der Waals surface area contributed by atoms with Gasteiger partial charge >= 0.3 is 6.09 Å². The molecule has 0 spiro atoms. The zero-order valence-corrected chi connectivity index (χ0v) is 12.1. The Morgan fingerprint density at radius 3 is 2.88 bits per heavy atom. The number of halogens is 3. The predicted octanol–water partition coefficient (Wildman–Crippen LogP) is 4.01. The molecule has 1 aromatic rings. The first-order chi connectivity index (χ1) is 7.90. The number of hydrogen-bond acceptors (Lipinski definition) is 4. The van der Waals surface area contributed by atoms with Crippen molar-refractivity contribution in [3.05, 3.63) is 11.1 Å². The first kappa shape index (κ1) is 14.8. The van der Waals surface area contributed by atoms with Crippen LogP contribution in [0.5, 0.6) is 0 Å². The molecule has 17 heavy (non-hydrogen) atoms.